The van der Waals surface area contributed by atoms with Crippen molar-refractivity contribution >= 4 is 5.78 Å². The van der Waals surface area contributed by atoms with Crippen LogP contribution in [-0.2, 0) is 11.2 Å². The number of nitrogens with zero attached hydrogens (tertiary/aromatic N) is 1. The molecule has 0 saturated carbocycles. The minimum Gasteiger partial charge on any atom is -0.298 e. The highest BCUT2D eigenvalue weighted by Crippen LogP contribution is 1.97. The molecule has 1 heterocycles. The molecular weight excluding hydrogens is 162 g/mol. The Balaban J connectivity index is 2.49. The summed E-state index contributed by atoms with van der Waals surface area (Å²) in [5, 5.41) is 0. The first-order valence-corrected chi connectivity index (χ1v) is 4.14. The van der Waals surface area contributed by atoms with Crippen LogP contribution in [0.3, 0.4) is 0 Å². The number of ketones is 1. The summed E-state index contributed by atoms with van der Waals surface area (Å²) in [4.78, 5) is 15.3. The second-order valence-corrected chi connectivity index (χ2v) is 2.64. The van der Waals surface area contributed by atoms with Crippen molar-refractivity contribution in [2.45, 2.75) is 19.8 Å². The molecule has 2 nitrogen and oxygen atoms in total. The van der Waals surface area contributed by atoms with Gasteiger partial charge >= 0.3 is 0 Å². The Bertz CT molecular complexity index is 332. The number of carbonyl (C=O) groups excluding carboxylic acids is 1. The van der Waals surface area contributed by atoms with Crippen LogP contribution >= 0.6 is 0 Å². The van der Waals surface area contributed by atoms with Crippen LogP contribution in [0.1, 0.15) is 19.0 Å². The molecule has 1 aromatic rings. The Kier molecular flexibility index (Phi) is 3.72. The largest absolute Gasteiger partial charge is 0.298 e. The van der Waals surface area contributed by atoms with Gasteiger partial charge in [0, 0.05) is 18.3 Å². The van der Waals surface area contributed by atoms with Gasteiger partial charge in [-0.05, 0) is 19.1 Å². The quantitative estimate of drug-likeness (QED) is 0.650. The third-order valence-corrected chi connectivity index (χ3v) is 1.57. The van der Waals surface area contributed by atoms with Crippen LogP contribution in [0.15, 0.2) is 24.4 Å². The summed E-state index contributed by atoms with van der Waals surface area (Å²) in [5.74, 6) is 5.55. The number of Topliss-reactive ketones (excluding diaryl/α,β-unsaturated/α-hetero) is 1. The lowest BCUT2D eigenvalue weighted by Gasteiger charge is -1.95. The maximum Gasteiger partial charge on any atom is 0.150 e. The standard InChI is InChI=1S/C11H11NO/c1-2-3-7-11(13)9-10-6-4-5-8-12-10/h4-6,8H,7,9H2,1H3. The zero-order valence-corrected chi connectivity index (χ0v) is 7.58. The summed E-state index contributed by atoms with van der Waals surface area (Å²) in [6, 6.07) is 5.55. The molecule has 0 bridgehead atoms. The van der Waals surface area contributed by atoms with Gasteiger partial charge in [0.15, 0.2) is 5.78 Å². The second-order valence-electron chi connectivity index (χ2n) is 2.64. The van der Waals surface area contributed by atoms with E-state index in [4.69, 9.17) is 0 Å². The van der Waals surface area contributed by atoms with Gasteiger partial charge in [-0.2, -0.15) is 0 Å². The molecule has 0 N–H and O–H groups in total. The van der Waals surface area contributed by atoms with Gasteiger partial charge in [-0.15, -0.1) is 5.92 Å². The Morgan fingerprint density at radius 1 is 1.54 bits per heavy atom. The monoisotopic (exact) mass is 173 g/mol. The first-order chi connectivity index (χ1) is 6.33. The smallest absolute Gasteiger partial charge is 0.150 e. The maximum atomic E-state index is 11.2. The Hall–Kier alpha value is -1.62. The number of pyridine rings is 1. The molecule has 0 radical (unpaired) electrons. The summed E-state index contributed by atoms with van der Waals surface area (Å²) >= 11 is 0. The van der Waals surface area contributed by atoms with Crippen molar-refractivity contribution in [1.29, 1.82) is 0 Å². The van der Waals surface area contributed by atoms with E-state index in [9.17, 15) is 4.79 Å². The minimum atomic E-state index is 0.119. The molecule has 66 valence electrons. The van der Waals surface area contributed by atoms with E-state index in [-0.39, 0.29) is 5.78 Å². The fourth-order valence-corrected chi connectivity index (χ4v) is 0.954. The van der Waals surface area contributed by atoms with Crippen molar-refractivity contribution < 1.29 is 4.79 Å². The summed E-state index contributed by atoms with van der Waals surface area (Å²) in [6.45, 7) is 1.73. The highest BCUT2D eigenvalue weighted by atomic mass is 16.1. The SMILES string of the molecule is CC#CCC(=O)Cc1ccccn1. The van der Waals surface area contributed by atoms with E-state index in [1.165, 1.54) is 0 Å². The zero-order chi connectivity index (χ0) is 9.52. The number of rotatable bonds is 3. The van der Waals surface area contributed by atoms with E-state index in [1.807, 2.05) is 18.2 Å². The first-order valence-electron chi connectivity index (χ1n) is 4.14. The van der Waals surface area contributed by atoms with Gasteiger partial charge in [-0.3, -0.25) is 9.78 Å². The molecule has 0 saturated heterocycles. The van der Waals surface area contributed by atoms with Crippen molar-refractivity contribution in [2.24, 2.45) is 0 Å². The van der Waals surface area contributed by atoms with Gasteiger partial charge in [0.05, 0.1) is 6.42 Å². The fraction of sp³-hybridized carbons (Fsp3) is 0.273. The molecule has 0 atom stereocenters. The van der Waals surface area contributed by atoms with Gasteiger partial charge in [-0.1, -0.05) is 12.0 Å². The van der Waals surface area contributed by atoms with Crippen molar-refractivity contribution in [3.63, 3.8) is 0 Å². The molecule has 0 unspecified atom stereocenters. The van der Waals surface area contributed by atoms with Crippen LogP contribution in [0.5, 0.6) is 0 Å². The van der Waals surface area contributed by atoms with Gasteiger partial charge in [-0.25, -0.2) is 0 Å². The molecule has 0 aliphatic rings. The predicted octanol–water partition coefficient (Wildman–Crippen LogP) is 1.61. The van der Waals surface area contributed by atoms with Crippen molar-refractivity contribution in [1.82, 2.24) is 4.98 Å². The third kappa shape index (κ3) is 3.53. The lowest BCUT2D eigenvalue weighted by atomic mass is 10.1. The Morgan fingerprint density at radius 3 is 3.00 bits per heavy atom. The lowest BCUT2D eigenvalue weighted by Crippen LogP contribution is -2.02. The molecule has 13 heavy (non-hydrogen) atoms. The summed E-state index contributed by atoms with van der Waals surface area (Å²) in [7, 11) is 0. The van der Waals surface area contributed by atoms with Crippen LogP contribution < -0.4 is 0 Å². The topological polar surface area (TPSA) is 30.0 Å². The zero-order valence-electron chi connectivity index (χ0n) is 7.58. The summed E-state index contributed by atoms with van der Waals surface area (Å²) in [6.07, 6.45) is 2.40. The highest BCUT2D eigenvalue weighted by Gasteiger charge is 2.01. The molecule has 2 heteroatoms. The fourth-order valence-electron chi connectivity index (χ4n) is 0.954. The number of aromatic nitrogens is 1. The predicted molar refractivity (Wildman–Crippen MR) is 51.0 cm³/mol. The van der Waals surface area contributed by atoms with E-state index in [2.05, 4.69) is 16.8 Å². The van der Waals surface area contributed by atoms with Gasteiger partial charge in [0.1, 0.15) is 0 Å². The molecule has 0 aromatic carbocycles. The normalized spacial score (nSPS) is 8.69. The molecular formula is C11H11NO. The molecule has 0 fully saturated rings. The minimum absolute atomic E-state index is 0.119. The van der Waals surface area contributed by atoms with Crippen LogP contribution in [0.25, 0.3) is 0 Å². The molecule has 1 rings (SSSR count). The van der Waals surface area contributed by atoms with E-state index in [1.54, 1.807) is 13.1 Å². The molecule has 0 spiro atoms. The van der Waals surface area contributed by atoms with E-state index in [0.717, 1.165) is 5.69 Å². The average Bonchev–Trinajstić information content (AvgIpc) is 2.16. The van der Waals surface area contributed by atoms with Crippen molar-refractivity contribution in [3.05, 3.63) is 30.1 Å². The lowest BCUT2D eigenvalue weighted by molar-refractivity contribution is -0.117. The van der Waals surface area contributed by atoms with E-state index >= 15 is 0 Å². The average molecular weight is 173 g/mol. The summed E-state index contributed by atoms with van der Waals surface area (Å²) < 4.78 is 0. The van der Waals surface area contributed by atoms with Gasteiger partial charge in [0.2, 0.25) is 0 Å². The van der Waals surface area contributed by atoms with Crippen molar-refractivity contribution in [2.75, 3.05) is 0 Å². The van der Waals surface area contributed by atoms with Crippen LogP contribution in [0.4, 0.5) is 0 Å². The summed E-state index contributed by atoms with van der Waals surface area (Å²) in [5.41, 5.74) is 0.811. The Labute approximate surface area is 78.0 Å². The number of hydrogen-bond acceptors (Lipinski definition) is 2. The van der Waals surface area contributed by atoms with Crippen LogP contribution in [-0.4, -0.2) is 10.8 Å². The van der Waals surface area contributed by atoms with Gasteiger partial charge in [0.25, 0.3) is 0 Å². The molecule has 1 aromatic heterocycles. The number of hydrogen-bond donors (Lipinski definition) is 0. The van der Waals surface area contributed by atoms with Crippen LogP contribution in [0.2, 0.25) is 0 Å². The maximum absolute atomic E-state index is 11.2. The van der Waals surface area contributed by atoms with Crippen LogP contribution in [0, 0.1) is 11.8 Å². The molecule has 0 aliphatic carbocycles. The van der Waals surface area contributed by atoms with Crippen molar-refractivity contribution in [3.8, 4) is 11.8 Å². The number of carbonyl (C=O) groups is 1. The molecule has 0 aliphatic heterocycles. The van der Waals surface area contributed by atoms with E-state index in [0.29, 0.717) is 12.8 Å². The Morgan fingerprint density at radius 2 is 2.38 bits per heavy atom. The van der Waals surface area contributed by atoms with E-state index < -0.39 is 0 Å². The second kappa shape index (κ2) is 5.10. The van der Waals surface area contributed by atoms with Gasteiger partial charge < -0.3 is 0 Å². The molecule has 0 amide bonds. The third-order valence-electron chi connectivity index (χ3n) is 1.57. The highest BCUT2D eigenvalue weighted by molar-refractivity contribution is 5.82. The first kappa shape index (κ1) is 9.47.